The predicted molar refractivity (Wildman–Crippen MR) is 133 cm³/mol. The first kappa shape index (κ1) is 23.8. The summed E-state index contributed by atoms with van der Waals surface area (Å²) in [5, 5.41) is 3.13. The lowest BCUT2D eigenvalue weighted by atomic mass is 10.1. The molecule has 1 fully saturated rings. The molecule has 4 rings (SSSR count). The zero-order valence-electron chi connectivity index (χ0n) is 19.8. The minimum absolute atomic E-state index is 0.197. The molecule has 1 aromatic heterocycles. The Bertz CT molecular complexity index is 1100. The van der Waals surface area contributed by atoms with Crippen molar-refractivity contribution in [1.29, 1.82) is 0 Å². The van der Waals surface area contributed by atoms with E-state index in [1.54, 1.807) is 18.3 Å². The summed E-state index contributed by atoms with van der Waals surface area (Å²) >= 11 is 0. The van der Waals surface area contributed by atoms with Crippen LogP contribution in [0, 0.1) is 11.7 Å². The molecule has 34 heavy (non-hydrogen) atoms. The zero-order valence-corrected chi connectivity index (χ0v) is 19.8. The Morgan fingerprint density at radius 2 is 1.88 bits per heavy atom. The number of nitrogens with two attached hydrogens (primary N) is 1. The Morgan fingerprint density at radius 1 is 1.06 bits per heavy atom. The largest absolute Gasteiger partial charge is 0.491 e. The molecule has 180 valence electrons. The lowest BCUT2D eigenvalue weighted by Crippen LogP contribution is -2.28. The first-order valence-corrected chi connectivity index (χ1v) is 11.8. The molecule has 0 radical (unpaired) electrons. The van der Waals surface area contributed by atoms with Crippen LogP contribution in [0.4, 0.5) is 21.7 Å². The molecule has 3 aromatic rings. The zero-order chi connectivity index (χ0) is 23.9. The Hall–Kier alpha value is -3.39. The van der Waals surface area contributed by atoms with Gasteiger partial charge in [-0.3, -0.25) is 0 Å². The van der Waals surface area contributed by atoms with Crippen LogP contribution in [-0.4, -0.2) is 47.7 Å². The maximum atomic E-state index is 14.2. The van der Waals surface area contributed by atoms with Gasteiger partial charge in [0, 0.05) is 30.1 Å². The summed E-state index contributed by atoms with van der Waals surface area (Å²) in [4.78, 5) is 11.1. The second kappa shape index (κ2) is 11.2. The smallest absolute Gasteiger partial charge is 0.227 e. The van der Waals surface area contributed by atoms with Crippen LogP contribution in [0.15, 0.2) is 48.7 Å². The van der Waals surface area contributed by atoms with Gasteiger partial charge in [0.1, 0.15) is 12.4 Å². The summed E-state index contributed by atoms with van der Waals surface area (Å²) in [5.41, 5.74) is 9.00. The summed E-state index contributed by atoms with van der Waals surface area (Å²) < 4.78 is 25.7. The molecule has 0 amide bonds. The fourth-order valence-electron chi connectivity index (χ4n) is 3.56. The summed E-state index contributed by atoms with van der Waals surface area (Å²) in [6, 6.07) is 12.1. The fourth-order valence-corrected chi connectivity index (χ4v) is 3.56. The number of nitrogens with zero attached hydrogens (tertiary/aromatic N) is 3. The third-order valence-electron chi connectivity index (χ3n) is 5.88. The van der Waals surface area contributed by atoms with E-state index in [1.807, 2.05) is 24.3 Å². The van der Waals surface area contributed by atoms with Crippen LogP contribution >= 0.6 is 0 Å². The maximum absolute atomic E-state index is 14.2. The number of halogens is 1. The Morgan fingerprint density at radius 3 is 2.62 bits per heavy atom. The molecule has 0 atom stereocenters. The van der Waals surface area contributed by atoms with E-state index in [0.29, 0.717) is 42.2 Å². The molecule has 8 heteroatoms. The first-order valence-electron chi connectivity index (χ1n) is 11.8. The topological polar surface area (TPSA) is 85.5 Å². The molecule has 0 saturated heterocycles. The van der Waals surface area contributed by atoms with Crippen molar-refractivity contribution in [1.82, 2.24) is 14.9 Å². The van der Waals surface area contributed by atoms with E-state index in [1.165, 1.54) is 18.9 Å². The highest BCUT2D eigenvalue weighted by Gasteiger charge is 2.22. The highest BCUT2D eigenvalue weighted by molar-refractivity contribution is 5.69. The van der Waals surface area contributed by atoms with Gasteiger partial charge in [-0.05, 0) is 68.2 Å². The number of likely N-dealkylation sites (N-methyl/N-ethyl adjacent to an activating group) is 1. The van der Waals surface area contributed by atoms with Gasteiger partial charge in [0.05, 0.1) is 18.0 Å². The number of hydrogen-bond donors (Lipinski definition) is 2. The number of rotatable bonds is 12. The van der Waals surface area contributed by atoms with Crippen molar-refractivity contribution in [2.75, 3.05) is 43.9 Å². The van der Waals surface area contributed by atoms with E-state index >= 15 is 0 Å². The average Bonchev–Trinajstić information content (AvgIpc) is 3.68. The number of hydrogen-bond acceptors (Lipinski definition) is 7. The molecule has 1 heterocycles. The molecule has 3 N–H and O–H groups in total. The quantitative estimate of drug-likeness (QED) is 0.359. The van der Waals surface area contributed by atoms with E-state index in [-0.39, 0.29) is 5.75 Å². The standard InChI is InChI=1S/C26H32FN5O2/c1-3-32(4-2)13-14-33-25-16-20(8-9-21(25)27)30-26-29-12-11-23(31-26)19-7-10-24(22(28)15-19)34-17-18-5-6-18/h7-12,15-16,18H,3-6,13-14,17,28H2,1-2H3,(H,29,30,31). The Kier molecular flexibility index (Phi) is 7.80. The average molecular weight is 466 g/mol. The van der Waals surface area contributed by atoms with Gasteiger partial charge >= 0.3 is 0 Å². The van der Waals surface area contributed by atoms with E-state index in [2.05, 4.69) is 34.0 Å². The molecule has 7 nitrogen and oxygen atoms in total. The van der Waals surface area contributed by atoms with E-state index in [0.717, 1.165) is 30.9 Å². The van der Waals surface area contributed by atoms with Crippen LogP contribution in [0.1, 0.15) is 26.7 Å². The molecule has 2 aromatic carbocycles. The third kappa shape index (κ3) is 6.35. The van der Waals surface area contributed by atoms with Gasteiger partial charge < -0.3 is 25.4 Å². The monoisotopic (exact) mass is 465 g/mol. The van der Waals surface area contributed by atoms with Crippen molar-refractivity contribution < 1.29 is 13.9 Å². The lowest BCUT2D eigenvalue weighted by Gasteiger charge is -2.18. The molecular weight excluding hydrogens is 433 g/mol. The molecule has 1 aliphatic carbocycles. The van der Waals surface area contributed by atoms with E-state index < -0.39 is 5.82 Å². The van der Waals surface area contributed by atoms with Gasteiger partial charge in [0.2, 0.25) is 5.95 Å². The van der Waals surface area contributed by atoms with Gasteiger partial charge in [-0.2, -0.15) is 0 Å². The van der Waals surface area contributed by atoms with Gasteiger partial charge in [-0.1, -0.05) is 13.8 Å². The Balaban J connectivity index is 1.42. The van der Waals surface area contributed by atoms with Crippen molar-refractivity contribution in [3.63, 3.8) is 0 Å². The summed E-state index contributed by atoms with van der Waals surface area (Å²) in [6.07, 6.45) is 4.13. The van der Waals surface area contributed by atoms with Crippen LogP contribution in [-0.2, 0) is 0 Å². The number of nitrogens with one attached hydrogen (secondary N) is 1. The number of nitrogen functional groups attached to an aromatic ring is 1. The van der Waals surface area contributed by atoms with Crippen LogP contribution in [0.25, 0.3) is 11.3 Å². The van der Waals surface area contributed by atoms with Crippen LogP contribution in [0.2, 0.25) is 0 Å². The lowest BCUT2D eigenvalue weighted by molar-refractivity contribution is 0.217. The predicted octanol–water partition coefficient (Wildman–Crippen LogP) is 5.12. The van der Waals surface area contributed by atoms with Gasteiger partial charge in [0.15, 0.2) is 11.6 Å². The number of benzene rings is 2. The van der Waals surface area contributed by atoms with Crippen LogP contribution in [0.5, 0.6) is 11.5 Å². The maximum Gasteiger partial charge on any atom is 0.227 e. The summed E-state index contributed by atoms with van der Waals surface area (Å²) in [7, 11) is 0. The highest BCUT2D eigenvalue weighted by atomic mass is 19.1. The van der Waals surface area contributed by atoms with Gasteiger partial charge in [-0.25, -0.2) is 14.4 Å². The van der Waals surface area contributed by atoms with Crippen molar-refractivity contribution in [2.45, 2.75) is 26.7 Å². The van der Waals surface area contributed by atoms with Gasteiger partial charge in [0.25, 0.3) is 0 Å². The number of aromatic nitrogens is 2. The normalized spacial score (nSPS) is 13.2. The van der Waals surface area contributed by atoms with Crippen LogP contribution in [0.3, 0.4) is 0 Å². The summed E-state index contributed by atoms with van der Waals surface area (Å²) in [5.74, 6) is 1.55. The molecule has 1 saturated carbocycles. The molecule has 1 aliphatic rings. The third-order valence-corrected chi connectivity index (χ3v) is 5.88. The van der Waals surface area contributed by atoms with Crippen LogP contribution < -0.4 is 20.5 Å². The number of anilines is 3. The van der Waals surface area contributed by atoms with Gasteiger partial charge in [-0.15, -0.1) is 0 Å². The highest BCUT2D eigenvalue weighted by Crippen LogP contribution is 2.33. The number of ether oxygens (including phenoxy) is 2. The van der Waals surface area contributed by atoms with E-state index in [9.17, 15) is 4.39 Å². The molecule has 0 aliphatic heterocycles. The van der Waals surface area contributed by atoms with Crippen molar-refractivity contribution in [3.05, 3.63) is 54.5 Å². The van der Waals surface area contributed by atoms with E-state index in [4.69, 9.17) is 15.2 Å². The summed E-state index contributed by atoms with van der Waals surface area (Å²) in [6.45, 7) is 7.91. The molecule has 0 spiro atoms. The SMILES string of the molecule is CCN(CC)CCOc1cc(Nc2nccc(-c3ccc(OCC4CC4)c(N)c3)n2)ccc1F. The van der Waals surface area contributed by atoms with Crippen molar-refractivity contribution >= 4 is 17.3 Å². The minimum Gasteiger partial charge on any atom is -0.491 e. The fraction of sp³-hybridized carbons (Fsp3) is 0.385. The molecular formula is C26H32FN5O2. The minimum atomic E-state index is -0.403. The second-order valence-corrected chi connectivity index (χ2v) is 8.42. The second-order valence-electron chi connectivity index (χ2n) is 8.42. The molecule has 0 bridgehead atoms. The Labute approximate surface area is 200 Å². The van der Waals surface area contributed by atoms with Crippen molar-refractivity contribution in [2.24, 2.45) is 5.92 Å². The van der Waals surface area contributed by atoms with Crippen molar-refractivity contribution in [3.8, 4) is 22.8 Å². The molecule has 0 unspecified atom stereocenters. The first-order chi connectivity index (χ1) is 16.6.